The number of aryl methyl sites for hydroxylation is 2. The van der Waals surface area contributed by atoms with E-state index in [0.29, 0.717) is 23.4 Å². The molecule has 0 atom stereocenters. The zero-order valence-corrected chi connectivity index (χ0v) is 13.8. The molecule has 4 nitrogen and oxygen atoms in total. The maximum absolute atomic E-state index is 11.6. The average Bonchev–Trinajstić information content (AvgIpc) is 3.02. The lowest BCUT2D eigenvalue weighted by Gasteiger charge is -2.01. The summed E-state index contributed by atoms with van der Waals surface area (Å²) < 4.78 is 5.76. The Hall–Kier alpha value is -1.27. The number of thioether (sulfide) groups is 1. The van der Waals surface area contributed by atoms with Crippen LogP contribution in [-0.2, 0) is 10.5 Å². The number of amides is 1. The molecule has 1 fully saturated rings. The Morgan fingerprint density at radius 2 is 2.33 bits per heavy atom. The summed E-state index contributed by atoms with van der Waals surface area (Å²) >= 11 is 3.22. The zero-order chi connectivity index (χ0) is 14.8. The first-order chi connectivity index (χ1) is 10.1. The third-order valence-electron chi connectivity index (χ3n) is 3.36. The first-order valence-electron chi connectivity index (χ1n) is 7.01. The quantitative estimate of drug-likeness (QED) is 0.884. The van der Waals surface area contributed by atoms with Gasteiger partial charge in [0.2, 0.25) is 11.8 Å². The lowest BCUT2D eigenvalue weighted by Crippen LogP contribution is -2.27. The smallest absolute Gasteiger partial charge is 0.237 e. The number of thiophene rings is 1. The van der Waals surface area contributed by atoms with E-state index in [4.69, 9.17) is 4.42 Å². The van der Waals surface area contributed by atoms with Gasteiger partial charge in [-0.1, -0.05) is 0 Å². The van der Waals surface area contributed by atoms with E-state index in [0.717, 1.165) is 29.2 Å². The summed E-state index contributed by atoms with van der Waals surface area (Å²) in [5, 5.41) is 5.03. The van der Waals surface area contributed by atoms with Crippen molar-refractivity contribution in [3.63, 3.8) is 0 Å². The molecule has 0 aliphatic heterocycles. The molecular weight excluding hydrogens is 304 g/mol. The molecule has 1 amide bonds. The topological polar surface area (TPSA) is 55.1 Å². The van der Waals surface area contributed by atoms with Crippen LogP contribution in [0, 0.1) is 13.8 Å². The van der Waals surface area contributed by atoms with Crippen LogP contribution in [0.25, 0.3) is 10.8 Å². The summed E-state index contributed by atoms with van der Waals surface area (Å²) in [4.78, 5) is 17.3. The molecule has 1 aliphatic carbocycles. The number of nitrogens with one attached hydrogen (secondary N) is 1. The van der Waals surface area contributed by atoms with Crippen LogP contribution in [-0.4, -0.2) is 22.7 Å². The van der Waals surface area contributed by atoms with Gasteiger partial charge in [0.15, 0.2) is 0 Å². The van der Waals surface area contributed by atoms with Crippen molar-refractivity contribution in [1.29, 1.82) is 0 Å². The number of aromatic nitrogens is 1. The van der Waals surface area contributed by atoms with Crippen molar-refractivity contribution < 1.29 is 9.21 Å². The highest BCUT2D eigenvalue weighted by molar-refractivity contribution is 7.99. The summed E-state index contributed by atoms with van der Waals surface area (Å²) in [6.07, 6.45) is 2.25. The molecule has 3 rings (SSSR count). The third-order valence-corrected chi connectivity index (χ3v) is 5.31. The molecule has 21 heavy (non-hydrogen) atoms. The van der Waals surface area contributed by atoms with Crippen molar-refractivity contribution in [2.75, 3.05) is 5.75 Å². The molecule has 6 heteroatoms. The van der Waals surface area contributed by atoms with E-state index in [1.807, 2.05) is 12.3 Å². The Morgan fingerprint density at radius 1 is 1.52 bits per heavy atom. The van der Waals surface area contributed by atoms with Crippen molar-refractivity contribution in [3.05, 3.63) is 28.5 Å². The van der Waals surface area contributed by atoms with Gasteiger partial charge >= 0.3 is 0 Å². The van der Waals surface area contributed by atoms with Crippen LogP contribution in [0.15, 0.2) is 15.9 Å². The van der Waals surface area contributed by atoms with Crippen molar-refractivity contribution in [2.45, 2.75) is 38.5 Å². The first kappa shape index (κ1) is 14.7. The molecule has 1 aliphatic rings. The molecule has 2 aromatic rings. The van der Waals surface area contributed by atoms with Crippen molar-refractivity contribution >= 4 is 29.0 Å². The molecule has 2 heterocycles. The molecule has 0 spiro atoms. The standard InChI is InChI=1S/C15H18N2O2S2/c1-9-5-6-21-14(9)15-17-12(10(2)19-15)7-20-8-13(18)16-11-3-4-11/h5-6,11H,3-4,7-8H2,1-2H3,(H,16,18). The predicted octanol–water partition coefficient (Wildman–Crippen LogP) is 3.53. The van der Waals surface area contributed by atoms with E-state index in [-0.39, 0.29) is 5.91 Å². The zero-order valence-electron chi connectivity index (χ0n) is 12.1. The highest BCUT2D eigenvalue weighted by Crippen LogP contribution is 2.30. The Kier molecular flexibility index (Phi) is 4.35. The van der Waals surface area contributed by atoms with Crippen LogP contribution in [0.2, 0.25) is 0 Å². The predicted molar refractivity (Wildman–Crippen MR) is 86.6 cm³/mol. The molecule has 0 bridgehead atoms. The SMILES string of the molecule is Cc1ccsc1-c1nc(CSCC(=O)NC2CC2)c(C)o1. The van der Waals surface area contributed by atoms with E-state index in [1.165, 1.54) is 5.56 Å². The molecule has 2 aromatic heterocycles. The van der Waals surface area contributed by atoms with Crippen molar-refractivity contribution in [1.82, 2.24) is 10.3 Å². The Morgan fingerprint density at radius 3 is 3.00 bits per heavy atom. The fraction of sp³-hybridized carbons (Fsp3) is 0.467. The van der Waals surface area contributed by atoms with Crippen LogP contribution < -0.4 is 5.32 Å². The van der Waals surface area contributed by atoms with E-state index in [1.54, 1.807) is 23.1 Å². The molecule has 0 aromatic carbocycles. The summed E-state index contributed by atoms with van der Waals surface area (Å²) in [7, 11) is 0. The van der Waals surface area contributed by atoms with Gasteiger partial charge in [-0.15, -0.1) is 23.1 Å². The van der Waals surface area contributed by atoms with Gasteiger partial charge in [-0.3, -0.25) is 4.79 Å². The molecule has 1 saturated carbocycles. The van der Waals surface area contributed by atoms with Gasteiger partial charge in [-0.05, 0) is 43.7 Å². The second-order valence-corrected chi connectivity index (χ2v) is 7.19. The molecule has 0 radical (unpaired) electrons. The molecule has 0 saturated heterocycles. The lowest BCUT2D eigenvalue weighted by atomic mass is 10.3. The van der Waals surface area contributed by atoms with E-state index in [2.05, 4.69) is 23.3 Å². The van der Waals surface area contributed by atoms with Gasteiger partial charge in [-0.25, -0.2) is 4.98 Å². The van der Waals surface area contributed by atoms with Crippen molar-refractivity contribution in [2.24, 2.45) is 0 Å². The number of carbonyl (C=O) groups excluding carboxylic acids is 1. The van der Waals surface area contributed by atoms with Crippen LogP contribution in [0.3, 0.4) is 0 Å². The molecule has 1 N–H and O–H groups in total. The second kappa shape index (κ2) is 6.23. The van der Waals surface area contributed by atoms with Crippen LogP contribution in [0.5, 0.6) is 0 Å². The van der Waals surface area contributed by atoms with E-state index >= 15 is 0 Å². The maximum Gasteiger partial charge on any atom is 0.237 e. The largest absolute Gasteiger partial charge is 0.440 e. The number of hydrogen-bond acceptors (Lipinski definition) is 5. The highest BCUT2D eigenvalue weighted by atomic mass is 32.2. The van der Waals surface area contributed by atoms with Crippen LogP contribution in [0.1, 0.15) is 29.9 Å². The third kappa shape index (κ3) is 3.68. The minimum absolute atomic E-state index is 0.123. The average molecular weight is 322 g/mol. The van der Waals surface area contributed by atoms with E-state index in [9.17, 15) is 4.79 Å². The number of nitrogens with zero attached hydrogens (tertiary/aromatic N) is 1. The monoisotopic (exact) mass is 322 g/mol. The second-order valence-electron chi connectivity index (χ2n) is 5.29. The number of carbonyl (C=O) groups is 1. The summed E-state index contributed by atoms with van der Waals surface area (Å²) in [6, 6.07) is 2.50. The van der Waals surface area contributed by atoms with Crippen LogP contribution >= 0.6 is 23.1 Å². The van der Waals surface area contributed by atoms with Crippen LogP contribution in [0.4, 0.5) is 0 Å². The van der Waals surface area contributed by atoms with Gasteiger partial charge in [0.05, 0.1) is 16.3 Å². The van der Waals surface area contributed by atoms with E-state index < -0.39 is 0 Å². The fourth-order valence-corrected chi connectivity index (χ4v) is 3.67. The molecule has 0 unspecified atom stereocenters. The molecular formula is C15H18N2O2S2. The summed E-state index contributed by atoms with van der Waals surface area (Å²) in [5.41, 5.74) is 2.12. The van der Waals surface area contributed by atoms with Gasteiger partial charge in [0, 0.05) is 11.8 Å². The number of oxazole rings is 1. The molecule has 112 valence electrons. The van der Waals surface area contributed by atoms with Gasteiger partial charge in [-0.2, -0.15) is 0 Å². The van der Waals surface area contributed by atoms with Crippen molar-refractivity contribution in [3.8, 4) is 10.8 Å². The number of hydrogen-bond donors (Lipinski definition) is 1. The Balaban J connectivity index is 1.57. The minimum atomic E-state index is 0.123. The highest BCUT2D eigenvalue weighted by Gasteiger charge is 2.23. The fourth-order valence-electron chi connectivity index (χ4n) is 1.99. The normalized spacial score (nSPS) is 14.4. The summed E-state index contributed by atoms with van der Waals surface area (Å²) in [5.74, 6) is 2.84. The Bertz CT molecular complexity index is 644. The summed E-state index contributed by atoms with van der Waals surface area (Å²) in [6.45, 7) is 3.99. The van der Waals surface area contributed by atoms with Gasteiger partial charge in [0.25, 0.3) is 0 Å². The Labute approximate surface area is 132 Å². The minimum Gasteiger partial charge on any atom is -0.440 e. The first-order valence-corrected chi connectivity index (χ1v) is 9.05. The lowest BCUT2D eigenvalue weighted by molar-refractivity contribution is -0.118. The maximum atomic E-state index is 11.6. The van der Waals surface area contributed by atoms with Gasteiger partial charge < -0.3 is 9.73 Å². The number of rotatable bonds is 6. The van der Waals surface area contributed by atoms with Gasteiger partial charge in [0.1, 0.15) is 5.76 Å².